The fourth-order valence-corrected chi connectivity index (χ4v) is 2.94. The second kappa shape index (κ2) is 7.75. The van der Waals surface area contributed by atoms with E-state index in [1.807, 2.05) is 0 Å². The molecule has 0 atom stereocenters. The van der Waals surface area contributed by atoms with E-state index in [-0.39, 0.29) is 0 Å². The quantitative estimate of drug-likeness (QED) is 0.545. The first-order chi connectivity index (χ1) is 9.70. The first kappa shape index (κ1) is 15.5. The molecule has 0 saturated carbocycles. The Morgan fingerprint density at radius 3 is 2.75 bits per heavy atom. The standard InChI is InChI=1S/C17H23BrN2/c1-14-12-15(13-20(2)11-7-3-6-10-18)16-8-4-5-9-17(16)19-14/h4-5,8-9,12H,3,6-7,10-11,13H2,1-2H3. The van der Waals surface area contributed by atoms with Crippen LogP contribution in [0.1, 0.15) is 30.5 Å². The molecule has 0 amide bonds. The molecular weight excluding hydrogens is 312 g/mol. The third kappa shape index (κ3) is 4.29. The molecule has 2 rings (SSSR count). The van der Waals surface area contributed by atoms with Crippen LogP contribution in [0.3, 0.4) is 0 Å². The van der Waals surface area contributed by atoms with Gasteiger partial charge in [-0.2, -0.15) is 0 Å². The van der Waals surface area contributed by atoms with Crippen LogP contribution >= 0.6 is 15.9 Å². The number of hydrogen-bond donors (Lipinski definition) is 0. The van der Waals surface area contributed by atoms with Crippen molar-refractivity contribution in [1.82, 2.24) is 9.88 Å². The van der Waals surface area contributed by atoms with Crippen molar-refractivity contribution in [1.29, 1.82) is 0 Å². The predicted octanol–water partition coefficient (Wildman–Crippen LogP) is 4.54. The van der Waals surface area contributed by atoms with Crippen LogP contribution in [-0.4, -0.2) is 28.8 Å². The van der Waals surface area contributed by atoms with E-state index in [2.05, 4.69) is 70.1 Å². The van der Waals surface area contributed by atoms with Crippen LogP contribution in [0.5, 0.6) is 0 Å². The number of hydrogen-bond acceptors (Lipinski definition) is 2. The van der Waals surface area contributed by atoms with Gasteiger partial charge in [0.1, 0.15) is 0 Å². The molecule has 1 heterocycles. The number of nitrogens with zero attached hydrogens (tertiary/aromatic N) is 2. The molecule has 0 fully saturated rings. The van der Waals surface area contributed by atoms with Gasteiger partial charge in [-0.25, -0.2) is 0 Å². The van der Waals surface area contributed by atoms with Crippen molar-refractivity contribution in [3.8, 4) is 0 Å². The molecule has 0 unspecified atom stereocenters. The Morgan fingerprint density at radius 1 is 1.15 bits per heavy atom. The lowest BCUT2D eigenvalue weighted by Crippen LogP contribution is -2.19. The molecule has 3 heteroatoms. The Bertz CT molecular complexity index is 554. The highest BCUT2D eigenvalue weighted by molar-refractivity contribution is 9.09. The molecule has 0 radical (unpaired) electrons. The summed E-state index contributed by atoms with van der Waals surface area (Å²) in [7, 11) is 2.21. The van der Waals surface area contributed by atoms with Gasteiger partial charge < -0.3 is 4.90 Å². The van der Waals surface area contributed by atoms with Gasteiger partial charge in [0.05, 0.1) is 5.52 Å². The summed E-state index contributed by atoms with van der Waals surface area (Å²) in [6.45, 7) is 4.23. The highest BCUT2D eigenvalue weighted by Crippen LogP contribution is 2.19. The number of fused-ring (bicyclic) bond motifs is 1. The Hall–Kier alpha value is -0.930. The van der Waals surface area contributed by atoms with Crippen LogP contribution in [0.4, 0.5) is 0 Å². The molecule has 1 aromatic heterocycles. The second-order valence-corrected chi connectivity index (χ2v) is 6.22. The summed E-state index contributed by atoms with van der Waals surface area (Å²) in [6, 6.07) is 10.6. The Kier molecular flexibility index (Phi) is 5.99. The van der Waals surface area contributed by atoms with Crippen molar-refractivity contribution in [2.24, 2.45) is 0 Å². The molecule has 0 saturated heterocycles. The molecule has 2 aromatic rings. The van der Waals surface area contributed by atoms with Crippen molar-refractivity contribution < 1.29 is 0 Å². The number of pyridine rings is 1. The predicted molar refractivity (Wildman–Crippen MR) is 90.5 cm³/mol. The number of alkyl halides is 1. The molecule has 20 heavy (non-hydrogen) atoms. The number of unbranched alkanes of at least 4 members (excludes halogenated alkanes) is 2. The summed E-state index contributed by atoms with van der Waals surface area (Å²) in [5.74, 6) is 0. The van der Waals surface area contributed by atoms with E-state index in [9.17, 15) is 0 Å². The molecule has 0 aliphatic rings. The zero-order valence-electron chi connectivity index (χ0n) is 12.4. The van der Waals surface area contributed by atoms with Gasteiger partial charge in [-0.3, -0.25) is 4.98 Å². The number of rotatable bonds is 7. The molecule has 0 N–H and O–H groups in total. The minimum absolute atomic E-state index is 0.998. The SMILES string of the molecule is Cc1cc(CN(C)CCCCCBr)c2ccccc2n1. The number of aromatic nitrogens is 1. The topological polar surface area (TPSA) is 16.1 Å². The fraction of sp³-hybridized carbons (Fsp3) is 0.471. The number of aryl methyl sites for hydroxylation is 1. The smallest absolute Gasteiger partial charge is 0.0708 e. The van der Waals surface area contributed by atoms with E-state index in [0.29, 0.717) is 0 Å². The Labute approximate surface area is 130 Å². The van der Waals surface area contributed by atoms with Crippen molar-refractivity contribution in [3.05, 3.63) is 41.6 Å². The van der Waals surface area contributed by atoms with E-state index in [1.54, 1.807) is 0 Å². The lowest BCUT2D eigenvalue weighted by molar-refractivity contribution is 0.319. The summed E-state index contributed by atoms with van der Waals surface area (Å²) >= 11 is 3.48. The van der Waals surface area contributed by atoms with Crippen molar-refractivity contribution in [2.75, 3.05) is 18.9 Å². The second-order valence-electron chi connectivity index (χ2n) is 5.43. The lowest BCUT2D eigenvalue weighted by Gasteiger charge is -2.18. The zero-order valence-corrected chi connectivity index (χ0v) is 14.0. The van der Waals surface area contributed by atoms with Gasteiger partial charge in [0.2, 0.25) is 0 Å². The van der Waals surface area contributed by atoms with Gasteiger partial charge in [0, 0.05) is 23.0 Å². The number of benzene rings is 1. The Morgan fingerprint density at radius 2 is 1.95 bits per heavy atom. The van der Waals surface area contributed by atoms with Crippen LogP contribution in [0, 0.1) is 6.92 Å². The van der Waals surface area contributed by atoms with Crippen LogP contribution in [0.2, 0.25) is 0 Å². The summed E-state index contributed by atoms with van der Waals surface area (Å²) in [6.07, 6.45) is 3.83. The molecule has 108 valence electrons. The van der Waals surface area contributed by atoms with Crippen molar-refractivity contribution >= 4 is 26.8 Å². The number of para-hydroxylation sites is 1. The molecule has 1 aromatic carbocycles. The summed E-state index contributed by atoms with van der Waals surface area (Å²) in [4.78, 5) is 7.02. The average Bonchev–Trinajstić information content (AvgIpc) is 2.43. The van der Waals surface area contributed by atoms with E-state index in [0.717, 1.165) is 29.6 Å². The molecule has 0 bridgehead atoms. The van der Waals surface area contributed by atoms with Gasteiger partial charge in [-0.15, -0.1) is 0 Å². The van der Waals surface area contributed by atoms with Gasteiger partial charge in [-0.05, 0) is 51.1 Å². The van der Waals surface area contributed by atoms with E-state index < -0.39 is 0 Å². The molecule has 0 spiro atoms. The van der Waals surface area contributed by atoms with E-state index >= 15 is 0 Å². The highest BCUT2D eigenvalue weighted by Gasteiger charge is 2.06. The monoisotopic (exact) mass is 334 g/mol. The third-order valence-electron chi connectivity index (χ3n) is 3.54. The normalized spacial score (nSPS) is 11.4. The maximum absolute atomic E-state index is 4.61. The highest BCUT2D eigenvalue weighted by atomic mass is 79.9. The summed E-state index contributed by atoms with van der Waals surface area (Å²) in [5.41, 5.74) is 3.60. The molecule has 0 aliphatic heterocycles. The maximum atomic E-state index is 4.61. The number of halogens is 1. The Balaban J connectivity index is 2.05. The van der Waals surface area contributed by atoms with Gasteiger partial charge in [0.25, 0.3) is 0 Å². The third-order valence-corrected chi connectivity index (χ3v) is 4.10. The van der Waals surface area contributed by atoms with Crippen LogP contribution in [0.25, 0.3) is 10.9 Å². The first-order valence-corrected chi connectivity index (χ1v) is 8.42. The minimum Gasteiger partial charge on any atom is -0.302 e. The molecule has 2 nitrogen and oxygen atoms in total. The van der Waals surface area contributed by atoms with E-state index in [1.165, 1.54) is 30.2 Å². The van der Waals surface area contributed by atoms with E-state index in [4.69, 9.17) is 0 Å². The molecule has 0 aliphatic carbocycles. The zero-order chi connectivity index (χ0) is 14.4. The first-order valence-electron chi connectivity index (χ1n) is 7.30. The van der Waals surface area contributed by atoms with Crippen molar-refractivity contribution in [3.63, 3.8) is 0 Å². The summed E-state index contributed by atoms with van der Waals surface area (Å²) in [5, 5.41) is 2.40. The minimum atomic E-state index is 0.998. The van der Waals surface area contributed by atoms with Crippen LogP contribution in [0.15, 0.2) is 30.3 Å². The largest absolute Gasteiger partial charge is 0.302 e. The lowest BCUT2D eigenvalue weighted by atomic mass is 10.1. The van der Waals surface area contributed by atoms with Gasteiger partial charge in [-0.1, -0.05) is 40.5 Å². The maximum Gasteiger partial charge on any atom is 0.0708 e. The fourth-order valence-electron chi connectivity index (χ4n) is 2.55. The van der Waals surface area contributed by atoms with Gasteiger partial charge in [0.15, 0.2) is 0 Å². The van der Waals surface area contributed by atoms with Gasteiger partial charge >= 0.3 is 0 Å². The van der Waals surface area contributed by atoms with Crippen LogP contribution < -0.4 is 0 Å². The summed E-state index contributed by atoms with van der Waals surface area (Å²) < 4.78 is 0. The molecular formula is C17H23BrN2. The van der Waals surface area contributed by atoms with Crippen LogP contribution in [-0.2, 0) is 6.54 Å². The van der Waals surface area contributed by atoms with Crippen molar-refractivity contribution in [2.45, 2.75) is 32.7 Å². The average molecular weight is 335 g/mol.